The molecule has 0 radical (unpaired) electrons. The molecule has 1 N–H and O–H groups in total. The van der Waals surface area contributed by atoms with E-state index in [-0.39, 0.29) is 5.91 Å². The van der Waals surface area contributed by atoms with Crippen molar-refractivity contribution < 1.29 is 9.32 Å². The number of amides is 1. The Morgan fingerprint density at radius 2 is 1.67 bits per heavy atom. The molecule has 162 valence electrons. The minimum absolute atomic E-state index is 0.238. The lowest BCUT2D eigenvalue weighted by Crippen LogP contribution is -2.12. The zero-order valence-corrected chi connectivity index (χ0v) is 18.2. The first-order valence-corrected chi connectivity index (χ1v) is 10.5. The van der Waals surface area contributed by atoms with Crippen LogP contribution in [0.3, 0.4) is 0 Å². The maximum Gasteiger partial charge on any atom is 0.259 e. The molecule has 0 aliphatic rings. The molecule has 0 saturated heterocycles. The Labute approximate surface area is 190 Å². The molecular formula is C26H21N5O2. The zero-order chi connectivity index (χ0) is 22.8. The molecule has 0 aliphatic carbocycles. The molecule has 1 amide bonds. The second kappa shape index (κ2) is 8.55. The summed E-state index contributed by atoms with van der Waals surface area (Å²) in [5.74, 6) is 0.256. The maximum atomic E-state index is 13.3. The van der Waals surface area contributed by atoms with Crippen molar-refractivity contribution in [3.63, 3.8) is 0 Å². The molecule has 0 unspecified atom stereocenters. The highest BCUT2D eigenvalue weighted by molar-refractivity contribution is 6.08. The van der Waals surface area contributed by atoms with Gasteiger partial charge in [0.2, 0.25) is 12.2 Å². The number of para-hydroxylation sites is 1. The third-order valence-corrected chi connectivity index (χ3v) is 5.52. The molecule has 0 bridgehead atoms. The van der Waals surface area contributed by atoms with Crippen molar-refractivity contribution in [1.29, 1.82) is 0 Å². The molecule has 33 heavy (non-hydrogen) atoms. The summed E-state index contributed by atoms with van der Waals surface area (Å²) in [6, 6.07) is 23.1. The van der Waals surface area contributed by atoms with Gasteiger partial charge in [0.1, 0.15) is 5.69 Å². The number of aromatic nitrogens is 4. The Morgan fingerprint density at radius 3 is 2.36 bits per heavy atom. The van der Waals surface area contributed by atoms with E-state index in [1.165, 1.54) is 12.0 Å². The summed E-state index contributed by atoms with van der Waals surface area (Å²) in [5.41, 5.74) is 6.68. The molecular weight excluding hydrogens is 414 g/mol. The van der Waals surface area contributed by atoms with Gasteiger partial charge in [0.05, 0.1) is 11.3 Å². The van der Waals surface area contributed by atoms with Crippen LogP contribution in [-0.4, -0.2) is 25.8 Å². The van der Waals surface area contributed by atoms with Crippen LogP contribution < -0.4 is 5.32 Å². The third kappa shape index (κ3) is 4.16. The molecule has 3 aromatic carbocycles. The molecule has 7 nitrogen and oxygen atoms in total. The van der Waals surface area contributed by atoms with Crippen LogP contribution in [0, 0.1) is 13.8 Å². The van der Waals surface area contributed by atoms with Crippen molar-refractivity contribution in [3.8, 4) is 28.3 Å². The molecule has 5 aromatic rings. The number of benzene rings is 3. The van der Waals surface area contributed by atoms with Gasteiger partial charge in [-0.15, -0.1) is 0 Å². The van der Waals surface area contributed by atoms with Gasteiger partial charge in [-0.1, -0.05) is 35.5 Å². The lowest BCUT2D eigenvalue weighted by molar-refractivity contribution is 0.102. The fourth-order valence-electron chi connectivity index (χ4n) is 3.55. The molecule has 0 spiro atoms. The normalized spacial score (nSPS) is 10.8. The van der Waals surface area contributed by atoms with E-state index in [0.29, 0.717) is 22.8 Å². The van der Waals surface area contributed by atoms with Gasteiger partial charge in [0.25, 0.3) is 5.91 Å². The van der Waals surface area contributed by atoms with Crippen LogP contribution in [0.4, 0.5) is 5.69 Å². The van der Waals surface area contributed by atoms with Crippen LogP contribution in [-0.2, 0) is 0 Å². The number of anilines is 1. The van der Waals surface area contributed by atoms with E-state index in [4.69, 9.17) is 9.62 Å². The number of nitrogens with one attached hydrogen (secondary N) is 1. The minimum atomic E-state index is -0.238. The van der Waals surface area contributed by atoms with Crippen molar-refractivity contribution in [2.24, 2.45) is 0 Å². The summed E-state index contributed by atoms with van der Waals surface area (Å²) in [6.07, 6.45) is 3.05. The lowest BCUT2D eigenvalue weighted by atomic mass is 10.0. The Kier molecular flexibility index (Phi) is 5.28. The van der Waals surface area contributed by atoms with E-state index in [1.54, 1.807) is 23.0 Å². The van der Waals surface area contributed by atoms with Crippen LogP contribution in [0.1, 0.15) is 21.5 Å². The van der Waals surface area contributed by atoms with Gasteiger partial charge >= 0.3 is 0 Å². The highest BCUT2D eigenvalue weighted by Crippen LogP contribution is 2.27. The number of aryl methyl sites for hydroxylation is 2. The van der Waals surface area contributed by atoms with Crippen molar-refractivity contribution in [3.05, 3.63) is 102 Å². The smallest absolute Gasteiger partial charge is 0.259 e. The van der Waals surface area contributed by atoms with E-state index in [1.807, 2.05) is 54.6 Å². The molecule has 0 fully saturated rings. The fourth-order valence-corrected chi connectivity index (χ4v) is 3.55. The van der Waals surface area contributed by atoms with Crippen LogP contribution in [0.15, 0.2) is 89.9 Å². The summed E-state index contributed by atoms with van der Waals surface area (Å²) in [7, 11) is 0. The second-order valence-corrected chi connectivity index (χ2v) is 7.76. The van der Waals surface area contributed by atoms with Crippen molar-refractivity contribution in [2.45, 2.75) is 13.8 Å². The van der Waals surface area contributed by atoms with E-state index in [9.17, 15) is 4.79 Å². The standard InChI is InChI=1S/C26H21N5O2/c1-17-8-9-20(14-18(17)2)24-23(15-31(29-24)22-6-4-3-5-7-22)26(32)28-21-12-10-19(11-13-21)25-27-16-33-30-25/h3-16H,1-2H3,(H,28,32). The van der Waals surface area contributed by atoms with Gasteiger partial charge in [0, 0.05) is 23.0 Å². The summed E-state index contributed by atoms with van der Waals surface area (Å²) in [4.78, 5) is 17.4. The van der Waals surface area contributed by atoms with E-state index in [0.717, 1.165) is 22.4 Å². The fraction of sp³-hybridized carbons (Fsp3) is 0.0769. The average Bonchev–Trinajstić information content (AvgIpc) is 3.53. The molecule has 2 aromatic heterocycles. The van der Waals surface area contributed by atoms with E-state index >= 15 is 0 Å². The van der Waals surface area contributed by atoms with E-state index < -0.39 is 0 Å². The first-order chi connectivity index (χ1) is 16.1. The van der Waals surface area contributed by atoms with Crippen molar-refractivity contribution in [2.75, 3.05) is 5.32 Å². The zero-order valence-electron chi connectivity index (χ0n) is 18.2. The average molecular weight is 435 g/mol. The second-order valence-electron chi connectivity index (χ2n) is 7.76. The van der Waals surface area contributed by atoms with Crippen LogP contribution in [0.5, 0.6) is 0 Å². The number of hydrogen-bond donors (Lipinski definition) is 1. The van der Waals surface area contributed by atoms with Crippen LogP contribution in [0.25, 0.3) is 28.3 Å². The maximum absolute atomic E-state index is 13.3. The number of carbonyl (C=O) groups excluding carboxylic acids is 1. The molecule has 2 heterocycles. The largest absolute Gasteiger partial charge is 0.342 e. The first-order valence-electron chi connectivity index (χ1n) is 10.5. The highest BCUT2D eigenvalue weighted by Gasteiger charge is 2.19. The number of carbonyl (C=O) groups is 1. The van der Waals surface area contributed by atoms with Crippen LogP contribution >= 0.6 is 0 Å². The van der Waals surface area contributed by atoms with E-state index in [2.05, 4.69) is 35.4 Å². The molecule has 7 heteroatoms. The summed E-state index contributed by atoms with van der Waals surface area (Å²) < 4.78 is 6.53. The van der Waals surface area contributed by atoms with Gasteiger partial charge < -0.3 is 9.84 Å². The van der Waals surface area contributed by atoms with Gasteiger partial charge in [-0.05, 0) is 67.4 Å². The number of nitrogens with zero attached hydrogens (tertiary/aromatic N) is 4. The SMILES string of the molecule is Cc1ccc(-c2nn(-c3ccccc3)cc2C(=O)Nc2ccc(-c3ncon3)cc2)cc1C. The predicted molar refractivity (Wildman–Crippen MR) is 126 cm³/mol. The highest BCUT2D eigenvalue weighted by atomic mass is 16.5. The Bertz CT molecular complexity index is 1410. The van der Waals surface area contributed by atoms with Gasteiger partial charge in [0.15, 0.2) is 0 Å². The Hall–Kier alpha value is -4.52. The third-order valence-electron chi connectivity index (χ3n) is 5.52. The quantitative estimate of drug-likeness (QED) is 0.396. The Morgan fingerprint density at radius 1 is 0.909 bits per heavy atom. The number of hydrogen-bond acceptors (Lipinski definition) is 5. The van der Waals surface area contributed by atoms with Gasteiger partial charge in [-0.3, -0.25) is 4.79 Å². The molecule has 0 aliphatic heterocycles. The van der Waals surface area contributed by atoms with Crippen LogP contribution in [0.2, 0.25) is 0 Å². The van der Waals surface area contributed by atoms with Gasteiger partial charge in [-0.25, -0.2) is 4.68 Å². The lowest BCUT2D eigenvalue weighted by Gasteiger charge is -2.07. The van der Waals surface area contributed by atoms with Crippen molar-refractivity contribution in [1.82, 2.24) is 19.9 Å². The topological polar surface area (TPSA) is 85.8 Å². The van der Waals surface area contributed by atoms with Crippen molar-refractivity contribution >= 4 is 11.6 Å². The predicted octanol–water partition coefficient (Wildman–Crippen LogP) is 5.46. The summed E-state index contributed by atoms with van der Waals surface area (Å²) in [5, 5.41) is 11.6. The minimum Gasteiger partial charge on any atom is -0.342 e. The Balaban J connectivity index is 1.49. The number of rotatable bonds is 5. The summed E-state index contributed by atoms with van der Waals surface area (Å²) >= 11 is 0. The summed E-state index contributed by atoms with van der Waals surface area (Å²) in [6.45, 7) is 4.12. The molecule has 5 rings (SSSR count). The molecule has 0 saturated carbocycles. The monoisotopic (exact) mass is 435 g/mol. The first kappa shape index (κ1) is 20.4. The molecule has 0 atom stereocenters. The van der Waals surface area contributed by atoms with Gasteiger partial charge in [-0.2, -0.15) is 10.1 Å².